The summed E-state index contributed by atoms with van der Waals surface area (Å²) in [5.74, 6) is -0.247. The van der Waals surface area contributed by atoms with Crippen LogP contribution in [0.3, 0.4) is 0 Å². The number of hydrogen-bond acceptors (Lipinski definition) is 4. The summed E-state index contributed by atoms with van der Waals surface area (Å²) in [6, 6.07) is 9.04. The fraction of sp³-hybridized carbons (Fsp3) is 0.645. The van der Waals surface area contributed by atoms with Crippen molar-refractivity contribution in [3.05, 3.63) is 47.5 Å². The molecule has 0 aliphatic carbocycles. The first-order chi connectivity index (χ1) is 17.8. The lowest BCUT2D eigenvalue weighted by Crippen LogP contribution is -2.58. The lowest BCUT2D eigenvalue weighted by atomic mass is 9.95. The molecule has 0 saturated carbocycles. The van der Waals surface area contributed by atoms with E-state index in [2.05, 4.69) is 24.1 Å². The highest BCUT2D eigenvalue weighted by atomic mass is 16.2. The van der Waals surface area contributed by atoms with E-state index in [4.69, 9.17) is 0 Å². The molecule has 3 amide bonds. The number of rotatable bonds is 11. The van der Waals surface area contributed by atoms with Gasteiger partial charge in [0, 0.05) is 32.3 Å². The summed E-state index contributed by atoms with van der Waals surface area (Å²) in [6.07, 6.45) is 4.83. The van der Waals surface area contributed by atoms with Gasteiger partial charge in [-0.05, 0) is 57.6 Å². The number of piperidine rings is 1. The van der Waals surface area contributed by atoms with Gasteiger partial charge in [-0.1, -0.05) is 70.5 Å². The van der Waals surface area contributed by atoms with Gasteiger partial charge in [0.05, 0.1) is 12.1 Å². The van der Waals surface area contributed by atoms with Crippen molar-refractivity contribution in [2.45, 2.75) is 98.4 Å². The van der Waals surface area contributed by atoms with Gasteiger partial charge in [0.15, 0.2) is 0 Å². The summed E-state index contributed by atoms with van der Waals surface area (Å²) >= 11 is 0. The van der Waals surface area contributed by atoms with E-state index in [0.29, 0.717) is 12.1 Å². The van der Waals surface area contributed by atoms with Crippen LogP contribution in [0.25, 0.3) is 0 Å². The van der Waals surface area contributed by atoms with Gasteiger partial charge in [-0.2, -0.15) is 0 Å². The number of benzene rings is 1. The molecule has 0 radical (unpaired) electrons. The Balaban J connectivity index is 2.17. The molecule has 1 aromatic rings. The summed E-state index contributed by atoms with van der Waals surface area (Å²) in [5.41, 5.74) is 1.66. The summed E-state index contributed by atoms with van der Waals surface area (Å²) in [7, 11) is 3.57. The Morgan fingerprint density at radius 1 is 1.00 bits per heavy atom. The standard InChI is InChI=1S/C31H50N4O3/c1-21(2)27(19-24(7)30(37)33(8)20-25-15-11-10-12-16-25)34(9)31(38)28(22(3)4)32-29(36)26-17-13-14-18-35(26)23(5)6/h10-12,15-16,19,21-23,26-28H,13-14,17-18,20H2,1-9H3,(H,32,36)/b24-19+/t26?,27-,28+/m1/s1. The fourth-order valence-electron chi connectivity index (χ4n) is 5.29. The third-order valence-corrected chi connectivity index (χ3v) is 7.59. The molecule has 1 saturated heterocycles. The van der Waals surface area contributed by atoms with Crippen LogP contribution in [0.5, 0.6) is 0 Å². The molecule has 1 fully saturated rings. The van der Waals surface area contributed by atoms with Crippen LogP contribution in [-0.2, 0) is 20.9 Å². The molecule has 2 rings (SSSR count). The minimum Gasteiger partial charge on any atom is -0.343 e. The van der Waals surface area contributed by atoms with Crippen LogP contribution in [0.15, 0.2) is 42.0 Å². The van der Waals surface area contributed by atoms with E-state index in [-0.39, 0.29) is 47.7 Å². The molecule has 38 heavy (non-hydrogen) atoms. The van der Waals surface area contributed by atoms with E-state index in [0.717, 1.165) is 31.4 Å². The van der Waals surface area contributed by atoms with Gasteiger partial charge in [0.2, 0.25) is 17.7 Å². The summed E-state index contributed by atoms with van der Waals surface area (Å²) in [6.45, 7) is 15.5. The molecule has 3 atom stereocenters. The Kier molecular flexibility index (Phi) is 12.0. The van der Waals surface area contributed by atoms with E-state index < -0.39 is 6.04 Å². The topological polar surface area (TPSA) is 73.0 Å². The zero-order valence-corrected chi connectivity index (χ0v) is 25.0. The van der Waals surface area contributed by atoms with Crippen molar-refractivity contribution in [3.8, 4) is 0 Å². The molecular weight excluding hydrogens is 476 g/mol. The predicted molar refractivity (Wildman–Crippen MR) is 154 cm³/mol. The van der Waals surface area contributed by atoms with Crippen LogP contribution in [0.2, 0.25) is 0 Å². The highest BCUT2D eigenvalue weighted by Crippen LogP contribution is 2.22. The van der Waals surface area contributed by atoms with Crippen LogP contribution >= 0.6 is 0 Å². The van der Waals surface area contributed by atoms with E-state index in [1.54, 1.807) is 23.9 Å². The predicted octanol–water partition coefficient (Wildman–Crippen LogP) is 4.48. The van der Waals surface area contributed by atoms with Gasteiger partial charge < -0.3 is 15.1 Å². The van der Waals surface area contributed by atoms with Crippen molar-refractivity contribution in [1.82, 2.24) is 20.0 Å². The second kappa shape index (κ2) is 14.5. The van der Waals surface area contributed by atoms with E-state index >= 15 is 0 Å². The van der Waals surface area contributed by atoms with Crippen molar-refractivity contribution >= 4 is 17.7 Å². The van der Waals surface area contributed by atoms with Gasteiger partial charge in [0.25, 0.3) is 0 Å². The van der Waals surface area contributed by atoms with Crippen LogP contribution in [0.1, 0.15) is 73.3 Å². The second-order valence-corrected chi connectivity index (χ2v) is 11.8. The van der Waals surface area contributed by atoms with Crippen molar-refractivity contribution in [1.29, 1.82) is 0 Å². The zero-order valence-electron chi connectivity index (χ0n) is 25.0. The van der Waals surface area contributed by atoms with Crippen molar-refractivity contribution < 1.29 is 14.4 Å². The van der Waals surface area contributed by atoms with Gasteiger partial charge in [-0.3, -0.25) is 19.3 Å². The Morgan fingerprint density at radius 3 is 2.18 bits per heavy atom. The molecule has 1 aliphatic heterocycles. The molecule has 7 heteroatoms. The van der Waals surface area contributed by atoms with E-state index in [1.807, 2.05) is 71.0 Å². The minimum absolute atomic E-state index is 0.0654. The molecular formula is C31H50N4O3. The first kappa shape index (κ1) is 31.5. The number of nitrogens with one attached hydrogen (secondary N) is 1. The molecule has 0 spiro atoms. The number of amides is 3. The molecule has 1 heterocycles. The average molecular weight is 527 g/mol. The highest BCUT2D eigenvalue weighted by molar-refractivity contribution is 5.93. The summed E-state index contributed by atoms with van der Waals surface area (Å²) in [4.78, 5) is 45.9. The van der Waals surface area contributed by atoms with Gasteiger partial charge in [0.1, 0.15) is 6.04 Å². The molecule has 1 aromatic carbocycles. The molecule has 7 nitrogen and oxygen atoms in total. The number of carbonyl (C=O) groups excluding carboxylic acids is 3. The van der Waals surface area contributed by atoms with Crippen LogP contribution in [0, 0.1) is 11.8 Å². The Morgan fingerprint density at radius 2 is 1.63 bits per heavy atom. The van der Waals surface area contributed by atoms with Crippen molar-refractivity contribution in [3.63, 3.8) is 0 Å². The van der Waals surface area contributed by atoms with E-state index in [9.17, 15) is 14.4 Å². The van der Waals surface area contributed by atoms with Gasteiger partial charge >= 0.3 is 0 Å². The largest absolute Gasteiger partial charge is 0.343 e. The lowest BCUT2D eigenvalue weighted by Gasteiger charge is -2.39. The molecule has 212 valence electrons. The zero-order chi connectivity index (χ0) is 28.6. The number of hydrogen-bond donors (Lipinski definition) is 1. The molecule has 0 aromatic heterocycles. The maximum Gasteiger partial charge on any atom is 0.249 e. The van der Waals surface area contributed by atoms with Gasteiger partial charge in [-0.15, -0.1) is 0 Å². The maximum absolute atomic E-state index is 13.8. The Bertz CT molecular complexity index is 957. The maximum atomic E-state index is 13.8. The number of likely N-dealkylation sites (N-methyl/N-ethyl adjacent to an activating group) is 2. The molecule has 0 bridgehead atoms. The smallest absolute Gasteiger partial charge is 0.249 e. The van der Waals surface area contributed by atoms with Crippen LogP contribution in [0.4, 0.5) is 0 Å². The molecule has 1 N–H and O–H groups in total. The first-order valence-corrected chi connectivity index (χ1v) is 14.2. The molecule has 1 aliphatic rings. The number of carbonyl (C=O) groups is 3. The monoisotopic (exact) mass is 526 g/mol. The minimum atomic E-state index is -0.630. The fourth-order valence-corrected chi connectivity index (χ4v) is 5.29. The third kappa shape index (κ3) is 8.42. The average Bonchev–Trinajstić information content (AvgIpc) is 2.88. The quantitative estimate of drug-likeness (QED) is 0.432. The SMILES string of the molecule is C/C(=C\[C@H](C(C)C)N(C)C(=O)[C@@H](NC(=O)C1CCCCN1C(C)C)C(C)C)C(=O)N(C)Cc1ccccc1. The Labute approximate surface area is 230 Å². The van der Waals surface area contributed by atoms with Crippen LogP contribution < -0.4 is 5.32 Å². The van der Waals surface area contributed by atoms with E-state index in [1.165, 1.54) is 0 Å². The number of likely N-dealkylation sites (tertiary alicyclic amines) is 1. The normalized spacial score (nSPS) is 18.4. The summed E-state index contributed by atoms with van der Waals surface area (Å²) < 4.78 is 0. The van der Waals surface area contributed by atoms with Crippen LogP contribution in [-0.4, -0.2) is 77.2 Å². The molecule has 1 unspecified atom stereocenters. The first-order valence-electron chi connectivity index (χ1n) is 14.2. The number of nitrogens with zero attached hydrogens (tertiary/aromatic N) is 3. The second-order valence-electron chi connectivity index (χ2n) is 11.8. The summed E-state index contributed by atoms with van der Waals surface area (Å²) in [5, 5.41) is 3.10. The van der Waals surface area contributed by atoms with Crippen molar-refractivity contribution in [2.75, 3.05) is 20.6 Å². The Hall–Kier alpha value is -2.67. The third-order valence-electron chi connectivity index (χ3n) is 7.59. The lowest BCUT2D eigenvalue weighted by molar-refractivity contribution is -0.140. The van der Waals surface area contributed by atoms with Gasteiger partial charge in [-0.25, -0.2) is 0 Å². The highest BCUT2D eigenvalue weighted by Gasteiger charge is 2.36. The van der Waals surface area contributed by atoms with Crippen molar-refractivity contribution in [2.24, 2.45) is 11.8 Å².